The van der Waals surface area contributed by atoms with Gasteiger partial charge in [-0.05, 0) is 50.6 Å². The maximum atomic E-state index is 12.8. The van der Waals surface area contributed by atoms with E-state index in [0.29, 0.717) is 17.9 Å². The molecule has 0 amide bonds. The first-order valence-electron chi connectivity index (χ1n) is 7.85. The summed E-state index contributed by atoms with van der Waals surface area (Å²) in [5.74, 6) is -1.30. The monoisotopic (exact) mass is 338 g/mol. The number of ketones is 2. The Morgan fingerprint density at radius 1 is 0.960 bits per heavy atom. The average molecular weight is 338 g/mol. The number of aryl methyl sites for hydroxylation is 1. The van der Waals surface area contributed by atoms with Crippen LogP contribution in [0.5, 0.6) is 17.2 Å². The number of carbonyl (C=O) groups excluding carboxylic acids is 2. The Morgan fingerprint density at radius 2 is 1.56 bits per heavy atom. The van der Waals surface area contributed by atoms with Crippen molar-refractivity contribution >= 4 is 11.6 Å². The second-order valence-electron chi connectivity index (χ2n) is 6.32. The summed E-state index contributed by atoms with van der Waals surface area (Å²) < 4.78 is 5.53. The van der Waals surface area contributed by atoms with Crippen molar-refractivity contribution in [2.45, 2.75) is 20.8 Å². The van der Waals surface area contributed by atoms with Gasteiger partial charge < -0.3 is 14.9 Å². The largest absolute Gasteiger partial charge is 0.507 e. The van der Waals surface area contributed by atoms with Crippen LogP contribution in [0.1, 0.15) is 51.3 Å². The Balaban J connectivity index is 2.11. The normalized spacial score (nSPS) is 12.4. The minimum atomic E-state index is -0.574. The molecule has 0 saturated heterocycles. The summed E-state index contributed by atoms with van der Waals surface area (Å²) in [7, 11) is 0. The van der Waals surface area contributed by atoms with Crippen molar-refractivity contribution in [1.29, 1.82) is 0 Å². The summed E-state index contributed by atoms with van der Waals surface area (Å²) in [4.78, 5) is 25.5. The quantitative estimate of drug-likeness (QED) is 0.714. The zero-order valence-electron chi connectivity index (χ0n) is 14.2. The number of rotatable bonds is 3. The van der Waals surface area contributed by atoms with E-state index in [1.807, 2.05) is 19.9 Å². The van der Waals surface area contributed by atoms with Gasteiger partial charge in [-0.3, -0.25) is 9.59 Å². The molecule has 2 aromatic rings. The number of hydrogen-bond acceptors (Lipinski definition) is 5. The third kappa shape index (κ3) is 2.89. The summed E-state index contributed by atoms with van der Waals surface area (Å²) in [6.07, 6.45) is 1.86. The van der Waals surface area contributed by atoms with Gasteiger partial charge in [0.1, 0.15) is 23.9 Å². The molecule has 0 radical (unpaired) electrons. The molecule has 0 heterocycles. The Labute approximate surface area is 145 Å². The number of benzene rings is 2. The van der Waals surface area contributed by atoms with Crippen LogP contribution in [0.4, 0.5) is 0 Å². The standard InChI is InChI=1S/C20H18O5/c1-10(2)4-5-25-12-8-14-18(16(22)9-12)20(24)17-13(19(14)23)6-11(3)7-15(17)21/h4,6-9,21-22H,5H2,1-3H3. The number of allylic oxidation sites excluding steroid dienone is 1. The van der Waals surface area contributed by atoms with Gasteiger partial charge in [-0.25, -0.2) is 0 Å². The van der Waals surface area contributed by atoms with E-state index in [2.05, 4.69) is 0 Å². The van der Waals surface area contributed by atoms with E-state index in [9.17, 15) is 19.8 Å². The molecule has 0 fully saturated rings. The first kappa shape index (κ1) is 16.8. The fourth-order valence-electron chi connectivity index (χ4n) is 2.86. The van der Waals surface area contributed by atoms with Crippen molar-refractivity contribution in [3.05, 3.63) is 63.7 Å². The molecule has 0 atom stereocenters. The highest BCUT2D eigenvalue weighted by Gasteiger charge is 2.35. The molecule has 1 aliphatic carbocycles. The molecular weight excluding hydrogens is 320 g/mol. The van der Waals surface area contributed by atoms with Crippen LogP contribution in [0, 0.1) is 6.92 Å². The molecule has 0 aromatic heterocycles. The third-order valence-electron chi connectivity index (χ3n) is 4.04. The van der Waals surface area contributed by atoms with Gasteiger partial charge in [0.05, 0.1) is 11.1 Å². The summed E-state index contributed by atoms with van der Waals surface area (Å²) in [5.41, 5.74) is 1.78. The van der Waals surface area contributed by atoms with Crippen molar-refractivity contribution in [3.63, 3.8) is 0 Å². The minimum absolute atomic E-state index is 0.0726. The number of ether oxygens (including phenoxy) is 1. The second-order valence-corrected chi connectivity index (χ2v) is 6.32. The van der Waals surface area contributed by atoms with Gasteiger partial charge in [-0.15, -0.1) is 0 Å². The maximum absolute atomic E-state index is 12.8. The molecule has 2 N–H and O–H groups in total. The molecule has 1 aliphatic rings. The van der Waals surface area contributed by atoms with Crippen LogP contribution in [0.2, 0.25) is 0 Å². The summed E-state index contributed by atoms with van der Waals surface area (Å²) in [6, 6.07) is 5.74. The van der Waals surface area contributed by atoms with Crippen LogP contribution in [0.15, 0.2) is 35.9 Å². The molecular formula is C20H18O5. The van der Waals surface area contributed by atoms with E-state index in [1.54, 1.807) is 13.0 Å². The van der Waals surface area contributed by atoms with Crippen molar-refractivity contribution in [1.82, 2.24) is 0 Å². The highest BCUT2D eigenvalue weighted by molar-refractivity contribution is 6.30. The van der Waals surface area contributed by atoms with Crippen LogP contribution in [-0.4, -0.2) is 28.4 Å². The van der Waals surface area contributed by atoms with Crippen LogP contribution in [0.3, 0.4) is 0 Å². The highest BCUT2D eigenvalue weighted by Crippen LogP contribution is 2.39. The summed E-state index contributed by atoms with van der Waals surface area (Å²) in [5, 5.41) is 20.3. The number of phenolic OH excluding ortho intramolecular Hbond substituents is 2. The zero-order valence-corrected chi connectivity index (χ0v) is 14.2. The lowest BCUT2D eigenvalue weighted by molar-refractivity contribution is 0.0974. The summed E-state index contributed by atoms with van der Waals surface area (Å²) >= 11 is 0. The van der Waals surface area contributed by atoms with Crippen molar-refractivity contribution in [2.75, 3.05) is 6.61 Å². The molecule has 5 heteroatoms. The predicted octanol–water partition coefficient (Wildman–Crippen LogP) is 3.53. The van der Waals surface area contributed by atoms with Crippen molar-refractivity contribution in [2.24, 2.45) is 0 Å². The van der Waals surface area contributed by atoms with E-state index >= 15 is 0 Å². The summed E-state index contributed by atoms with van der Waals surface area (Å²) in [6.45, 7) is 5.88. The Hall–Kier alpha value is -3.08. The first-order valence-corrected chi connectivity index (χ1v) is 7.85. The number of fused-ring (bicyclic) bond motifs is 2. The molecule has 0 aliphatic heterocycles. The molecule has 0 bridgehead atoms. The van der Waals surface area contributed by atoms with E-state index in [0.717, 1.165) is 5.57 Å². The van der Waals surface area contributed by atoms with Crippen molar-refractivity contribution in [3.8, 4) is 17.2 Å². The lowest BCUT2D eigenvalue weighted by Gasteiger charge is -2.20. The maximum Gasteiger partial charge on any atom is 0.201 e. The zero-order chi connectivity index (χ0) is 18.3. The predicted molar refractivity (Wildman–Crippen MR) is 92.7 cm³/mol. The third-order valence-corrected chi connectivity index (χ3v) is 4.04. The number of hydrogen-bond donors (Lipinski definition) is 2. The molecule has 2 aromatic carbocycles. The Kier molecular flexibility index (Phi) is 4.08. The Morgan fingerprint density at radius 3 is 2.20 bits per heavy atom. The highest BCUT2D eigenvalue weighted by atomic mass is 16.5. The van der Waals surface area contributed by atoms with E-state index in [1.165, 1.54) is 18.2 Å². The fourth-order valence-corrected chi connectivity index (χ4v) is 2.86. The van der Waals surface area contributed by atoms with Crippen molar-refractivity contribution < 1.29 is 24.5 Å². The molecule has 128 valence electrons. The van der Waals surface area contributed by atoms with Gasteiger partial charge >= 0.3 is 0 Å². The molecule has 0 unspecified atom stereocenters. The van der Waals surface area contributed by atoms with Gasteiger partial charge in [0.2, 0.25) is 5.78 Å². The Bertz CT molecular complexity index is 934. The van der Waals surface area contributed by atoms with Crippen LogP contribution in [0.25, 0.3) is 0 Å². The van der Waals surface area contributed by atoms with Crippen LogP contribution >= 0.6 is 0 Å². The molecule has 25 heavy (non-hydrogen) atoms. The number of aromatic hydroxyl groups is 2. The van der Waals surface area contributed by atoms with Gasteiger partial charge in [-0.1, -0.05) is 5.57 Å². The average Bonchev–Trinajstić information content (AvgIpc) is 2.51. The molecule has 0 spiro atoms. The van der Waals surface area contributed by atoms with Gasteiger partial charge in [0.25, 0.3) is 0 Å². The smallest absolute Gasteiger partial charge is 0.201 e. The van der Waals surface area contributed by atoms with E-state index in [4.69, 9.17) is 4.74 Å². The van der Waals surface area contributed by atoms with E-state index < -0.39 is 11.6 Å². The second kappa shape index (κ2) is 6.09. The topological polar surface area (TPSA) is 83.8 Å². The van der Waals surface area contributed by atoms with E-state index in [-0.39, 0.29) is 33.8 Å². The van der Waals surface area contributed by atoms with Crippen LogP contribution < -0.4 is 4.74 Å². The lowest BCUT2D eigenvalue weighted by Crippen LogP contribution is -2.21. The molecule has 0 saturated carbocycles. The SMILES string of the molecule is CC(C)=CCOc1cc(O)c2c(c1)C(=O)c1cc(C)cc(O)c1C2=O. The van der Waals surface area contributed by atoms with Gasteiger partial charge in [-0.2, -0.15) is 0 Å². The number of carbonyl (C=O) groups is 2. The van der Waals surface area contributed by atoms with Gasteiger partial charge in [0.15, 0.2) is 5.78 Å². The van der Waals surface area contributed by atoms with Gasteiger partial charge in [0, 0.05) is 17.2 Å². The fraction of sp³-hybridized carbons (Fsp3) is 0.200. The lowest BCUT2D eigenvalue weighted by atomic mass is 9.82. The molecule has 5 nitrogen and oxygen atoms in total. The molecule has 3 rings (SSSR count). The van der Waals surface area contributed by atoms with Crippen LogP contribution in [-0.2, 0) is 0 Å². The minimum Gasteiger partial charge on any atom is -0.507 e. The number of phenols is 2. The first-order chi connectivity index (χ1) is 11.8.